The second-order valence-electron chi connectivity index (χ2n) is 5.25. The summed E-state index contributed by atoms with van der Waals surface area (Å²) in [5.41, 5.74) is 1.15. The van der Waals surface area contributed by atoms with Crippen molar-refractivity contribution in [2.45, 2.75) is 6.92 Å². The number of rotatable bonds is 4. The molecule has 1 N–H and O–H groups in total. The number of carbonyl (C=O) groups is 1. The van der Waals surface area contributed by atoms with E-state index in [2.05, 4.69) is 15.3 Å². The molecule has 0 bridgehead atoms. The third kappa shape index (κ3) is 3.13. The van der Waals surface area contributed by atoms with Crippen LogP contribution < -0.4 is 10.1 Å². The molecule has 0 saturated carbocycles. The number of nitrogens with one attached hydrogen (secondary N) is 1. The number of ether oxygens (including phenoxy) is 1. The first-order valence-electron chi connectivity index (χ1n) is 7.40. The van der Waals surface area contributed by atoms with E-state index in [0.29, 0.717) is 21.6 Å². The molecule has 3 heterocycles. The number of methoxy groups -OCH3 is 1. The number of amides is 1. The number of thiazole rings is 2. The highest BCUT2D eigenvalue weighted by molar-refractivity contribution is 7.22. The molecule has 0 aliphatic carbocycles. The van der Waals surface area contributed by atoms with Gasteiger partial charge in [0, 0.05) is 5.38 Å². The summed E-state index contributed by atoms with van der Waals surface area (Å²) in [4.78, 5) is 21.2. The predicted octanol–water partition coefficient (Wildman–Crippen LogP) is 4.58. The summed E-state index contributed by atoms with van der Waals surface area (Å²) in [6.07, 6.45) is 0. The van der Waals surface area contributed by atoms with E-state index in [0.717, 1.165) is 21.7 Å². The van der Waals surface area contributed by atoms with Crippen molar-refractivity contribution in [2.75, 3.05) is 12.4 Å². The van der Waals surface area contributed by atoms with Crippen LogP contribution in [-0.4, -0.2) is 23.0 Å². The second kappa shape index (κ2) is 6.30. The number of hydrogen-bond acceptors (Lipinski definition) is 7. The Labute approximate surface area is 151 Å². The molecule has 0 radical (unpaired) electrons. The van der Waals surface area contributed by atoms with Crippen LogP contribution >= 0.6 is 22.7 Å². The molecule has 6 nitrogen and oxygen atoms in total. The number of aryl methyl sites for hydroxylation is 1. The number of benzene rings is 1. The number of fused-ring (bicyclic) bond motifs is 1. The third-order valence-corrected chi connectivity index (χ3v) is 5.29. The summed E-state index contributed by atoms with van der Waals surface area (Å²) < 4.78 is 11.7. The Morgan fingerprint density at radius 3 is 2.88 bits per heavy atom. The van der Waals surface area contributed by atoms with E-state index >= 15 is 0 Å². The van der Waals surface area contributed by atoms with Gasteiger partial charge in [0.2, 0.25) is 0 Å². The first-order valence-corrected chi connectivity index (χ1v) is 9.10. The smallest absolute Gasteiger partial charge is 0.276 e. The molecule has 25 heavy (non-hydrogen) atoms. The van der Waals surface area contributed by atoms with E-state index in [1.807, 2.05) is 37.3 Å². The van der Waals surface area contributed by atoms with Gasteiger partial charge < -0.3 is 9.15 Å². The summed E-state index contributed by atoms with van der Waals surface area (Å²) in [6.45, 7) is 1.87. The lowest BCUT2D eigenvalue weighted by molar-refractivity contribution is 0.102. The second-order valence-corrected chi connectivity index (χ2v) is 7.14. The highest BCUT2D eigenvalue weighted by Gasteiger charge is 2.15. The molecule has 0 aliphatic heterocycles. The predicted molar refractivity (Wildman–Crippen MR) is 98.7 cm³/mol. The van der Waals surface area contributed by atoms with Crippen molar-refractivity contribution >= 4 is 43.9 Å². The normalized spacial score (nSPS) is 11.0. The molecule has 8 heteroatoms. The average molecular weight is 371 g/mol. The van der Waals surface area contributed by atoms with Gasteiger partial charge >= 0.3 is 0 Å². The monoisotopic (exact) mass is 371 g/mol. The zero-order valence-electron chi connectivity index (χ0n) is 13.4. The fourth-order valence-corrected chi connectivity index (χ4v) is 3.94. The minimum atomic E-state index is -0.295. The largest absolute Gasteiger partial charge is 0.497 e. The molecule has 0 fully saturated rings. The number of aromatic nitrogens is 2. The lowest BCUT2D eigenvalue weighted by Crippen LogP contribution is -2.11. The number of hydrogen-bond donors (Lipinski definition) is 1. The van der Waals surface area contributed by atoms with E-state index in [-0.39, 0.29) is 5.91 Å². The summed E-state index contributed by atoms with van der Waals surface area (Å²) in [6, 6.07) is 9.30. The van der Waals surface area contributed by atoms with Gasteiger partial charge in [-0.3, -0.25) is 10.1 Å². The van der Waals surface area contributed by atoms with Gasteiger partial charge in [-0.2, -0.15) is 0 Å². The Morgan fingerprint density at radius 2 is 2.12 bits per heavy atom. The average Bonchev–Trinajstić information content (AvgIpc) is 3.32. The van der Waals surface area contributed by atoms with E-state index in [9.17, 15) is 4.79 Å². The molecule has 1 amide bonds. The van der Waals surface area contributed by atoms with Crippen LogP contribution in [0, 0.1) is 6.92 Å². The van der Waals surface area contributed by atoms with E-state index in [1.54, 1.807) is 12.5 Å². The van der Waals surface area contributed by atoms with Crippen molar-refractivity contribution in [1.29, 1.82) is 0 Å². The molecule has 4 rings (SSSR count). The molecule has 0 spiro atoms. The van der Waals surface area contributed by atoms with Gasteiger partial charge in [-0.25, -0.2) is 9.97 Å². The Kier molecular flexibility index (Phi) is 3.98. The SMILES string of the molecule is COc1ccc2nc(NC(=O)c3csc(-c4ccc(C)o4)n3)sc2c1. The Morgan fingerprint density at radius 1 is 1.24 bits per heavy atom. The van der Waals surface area contributed by atoms with Gasteiger partial charge in [0.1, 0.15) is 17.2 Å². The summed E-state index contributed by atoms with van der Waals surface area (Å²) in [5.74, 6) is 1.93. The molecule has 4 aromatic rings. The van der Waals surface area contributed by atoms with Crippen LogP contribution in [0.2, 0.25) is 0 Å². The lowest BCUT2D eigenvalue weighted by Gasteiger charge is -1.96. The third-order valence-electron chi connectivity index (χ3n) is 3.50. The van der Waals surface area contributed by atoms with Crippen molar-refractivity contribution in [3.05, 3.63) is 47.2 Å². The zero-order valence-corrected chi connectivity index (χ0v) is 15.0. The van der Waals surface area contributed by atoms with Crippen LogP contribution in [0.5, 0.6) is 5.75 Å². The maximum absolute atomic E-state index is 12.4. The Hall–Kier alpha value is -2.71. The standard InChI is InChI=1S/C17H13N3O3S2/c1-9-3-6-13(23-9)16-18-12(8-24-16)15(21)20-17-19-11-5-4-10(22-2)7-14(11)25-17/h3-8H,1-2H3,(H,19,20,21). The van der Waals surface area contributed by atoms with Gasteiger partial charge in [-0.1, -0.05) is 11.3 Å². The first-order chi connectivity index (χ1) is 12.1. The highest BCUT2D eigenvalue weighted by Crippen LogP contribution is 2.30. The minimum Gasteiger partial charge on any atom is -0.497 e. The van der Waals surface area contributed by atoms with Gasteiger partial charge in [0.25, 0.3) is 5.91 Å². The van der Waals surface area contributed by atoms with Gasteiger partial charge in [-0.15, -0.1) is 11.3 Å². The molecule has 3 aromatic heterocycles. The van der Waals surface area contributed by atoms with Crippen LogP contribution in [-0.2, 0) is 0 Å². The summed E-state index contributed by atoms with van der Waals surface area (Å²) in [5, 5.41) is 5.70. The van der Waals surface area contributed by atoms with Crippen molar-refractivity contribution in [3.8, 4) is 16.5 Å². The molecule has 0 aliphatic rings. The number of nitrogens with zero attached hydrogens (tertiary/aromatic N) is 2. The molecule has 0 unspecified atom stereocenters. The van der Waals surface area contributed by atoms with Gasteiger partial charge in [-0.05, 0) is 37.3 Å². The topological polar surface area (TPSA) is 77.2 Å². The van der Waals surface area contributed by atoms with Crippen molar-refractivity contribution in [1.82, 2.24) is 9.97 Å². The van der Waals surface area contributed by atoms with Gasteiger partial charge in [0.05, 0.1) is 17.3 Å². The fourth-order valence-electron chi connectivity index (χ4n) is 2.29. The number of anilines is 1. The summed E-state index contributed by atoms with van der Waals surface area (Å²) >= 11 is 2.76. The molecule has 126 valence electrons. The van der Waals surface area contributed by atoms with E-state index < -0.39 is 0 Å². The Balaban J connectivity index is 1.55. The maximum Gasteiger partial charge on any atom is 0.276 e. The molecular weight excluding hydrogens is 358 g/mol. The lowest BCUT2D eigenvalue weighted by atomic mass is 10.3. The van der Waals surface area contributed by atoms with E-state index in [4.69, 9.17) is 9.15 Å². The molecule has 1 aromatic carbocycles. The minimum absolute atomic E-state index is 0.295. The highest BCUT2D eigenvalue weighted by atomic mass is 32.1. The Bertz CT molecular complexity index is 1060. The number of carbonyl (C=O) groups excluding carboxylic acids is 1. The fraction of sp³-hybridized carbons (Fsp3) is 0.118. The number of furan rings is 1. The quantitative estimate of drug-likeness (QED) is 0.568. The molecular formula is C17H13N3O3S2. The van der Waals surface area contributed by atoms with Crippen LogP contribution in [0.4, 0.5) is 5.13 Å². The van der Waals surface area contributed by atoms with Crippen molar-refractivity contribution in [2.24, 2.45) is 0 Å². The van der Waals surface area contributed by atoms with E-state index in [1.165, 1.54) is 22.7 Å². The van der Waals surface area contributed by atoms with Gasteiger partial charge in [0.15, 0.2) is 15.9 Å². The van der Waals surface area contributed by atoms with Crippen molar-refractivity contribution in [3.63, 3.8) is 0 Å². The summed E-state index contributed by atoms with van der Waals surface area (Å²) in [7, 11) is 1.62. The van der Waals surface area contributed by atoms with Crippen LogP contribution in [0.3, 0.4) is 0 Å². The van der Waals surface area contributed by atoms with Crippen LogP contribution in [0.25, 0.3) is 21.0 Å². The maximum atomic E-state index is 12.4. The zero-order chi connectivity index (χ0) is 17.4. The van der Waals surface area contributed by atoms with Crippen LogP contribution in [0.15, 0.2) is 40.1 Å². The van der Waals surface area contributed by atoms with Crippen molar-refractivity contribution < 1.29 is 13.9 Å². The molecule has 0 saturated heterocycles. The molecule has 0 atom stereocenters. The first kappa shape index (κ1) is 15.8. The van der Waals surface area contributed by atoms with Crippen LogP contribution in [0.1, 0.15) is 16.2 Å².